The molecule has 0 atom stereocenters. The van der Waals surface area contributed by atoms with Crippen LogP contribution in [0.15, 0.2) is 24.3 Å². The summed E-state index contributed by atoms with van der Waals surface area (Å²) in [4.78, 5) is 19.3. The molecule has 130 valence electrons. The molecule has 2 heterocycles. The Kier molecular flexibility index (Phi) is 5.51. The Morgan fingerprint density at radius 3 is 2.67 bits per heavy atom. The van der Waals surface area contributed by atoms with Crippen LogP contribution in [0, 0.1) is 5.92 Å². The largest absolute Gasteiger partial charge is 0.309 e. The second kappa shape index (κ2) is 7.79. The number of hydrogen-bond acceptors (Lipinski definition) is 3. The third kappa shape index (κ3) is 4.15. The van der Waals surface area contributed by atoms with E-state index in [1.54, 1.807) is 0 Å². The maximum absolute atomic E-state index is 12.2. The van der Waals surface area contributed by atoms with Crippen LogP contribution in [-0.4, -0.2) is 40.0 Å². The van der Waals surface area contributed by atoms with Crippen molar-refractivity contribution in [2.24, 2.45) is 5.92 Å². The zero-order chi connectivity index (χ0) is 16.9. The number of anilines is 1. The molecule has 1 N–H and O–H groups in total. The van der Waals surface area contributed by atoms with Crippen LogP contribution in [-0.2, 0) is 11.3 Å². The van der Waals surface area contributed by atoms with Gasteiger partial charge in [-0.25, -0.2) is 4.98 Å². The number of carbonyl (C=O) groups excluding carboxylic acids is 1. The van der Waals surface area contributed by atoms with E-state index in [-0.39, 0.29) is 5.91 Å². The third-order valence-electron chi connectivity index (χ3n) is 4.59. The van der Waals surface area contributed by atoms with Gasteiger partial charge in [-0.2, -0.15) is 0 Å². The van der Waals surface area contributed by atoms with Gasteiger partial charge >= 0.3 is 0 Å². The standard InChI is InChI=1S/C19H28N4O/c1-15(2)14-18(24)21-19-20-16-8-4-5-9-17(16)23(19)13-12-22-10-6-3-7-11-22/h4-5,8-9,15H,3,6-7,10-14H2,1-2H3,(H,20,21,24). The molecule has 1 aliphatic rings. The van der Waals surface area contributed by atoms with Gasteiger partial charge in [0, 0.05) is 19.5 Å². The molecule has 1 fully saturated rings. The first-order valence-corrected chi connectivity index (χ1v) is 9.11. The SMILES string of the molecule is CC(C)CC(=O)Nc1nc2ccccc2n1CCN1CCCCC1. The van der Waals surface area contributed by atoms with Crippen molar-refractivity contribution in [3.05, 3.63) is 24.3 Å². The lowest BCUT2D eigenvalue weighted by Crippen LogP contribution is -2.32. The molecule has 0 radical (unpaired) electrons. The number of imidazole rings is 1. The number of hydrogen-bond donors (Lipinski definition) is 1. The van der Waals surface area contributed by atoms with Gasteiger partial charge in [-0.1, -0.05) is 32.4 Å². The van der Waals surface area contributed by atoms with Gasteiger partial charge in [0.1, 0.15) is 0 Å². The molecule has 1 aromatic heterocycles. The lowest BCUT2D eigenvalue weighted by molar-refractivity contribution is -0.116. The van der Waals surface area contributed by atoms with Crippen LogP contribution in [0.1, 0.15) is 39.5 Å². The van der Waals surface area contributed by atoms with Crippen LogP contribution in [0.4, 0.5) is 5.95 Å². The zero-order valence-electron chi connectivity index (χ0n) is 14.8. The first-order valence-electron chi connectivity index (χ1n) is 9.11. The minimum absolute atomic E-state index is 0.0412. The Hall–Kier alpha value is -1.88. The molecule has 0 unspecified atom stereocenters. The Balaban J connectivity index is 1.77. The summed E-state index contributed by atoms with van der Waals surface area (Å²) in [5.41, 5.74) is 2.03. The molecule has 1 amide bonds. The van der Waals surface area contributed by atoms with Gasteiger partial charge in [0.2, 0.25) is 11.9 Å². The molecule has 5 nitrogen and oxygen atoms in total. The van der Waals surface area contributed by atoms with E-state index in [4.69, 9.17) is 0 Å². The zero-order valence-corrected chi connectivity index (χ0v) is 14.8. The maximum Gasteiger partial charge on any atom is 0.226 e. The minimum atomic E-state index is 0.0412. The predicted octanol–water partition coefficient (Wildman–Crippen LogP) is 3.51. The molecule has 24 heavy (non-hydrogen) atoms. The Labute approximate surface area is 144 Å². The second-order valence-electron chi connectivity index (χ2n) is 7.12. The van der Waals surface area contributed by atoms with Crippen LogP contribution < -0.4 is 5.32 Å². The van der Waals surface area contributed by atoms with Crippen LogP contribution in [0.5, 0.6) is 0 Å². The summed E-state index contributed by atoms with van der Waals surface area (Å²) < 4.78 is 2.15. The highest BCUT2D eigenvalue weighted by molar-refractivity contribution is 5.91. The number of aromatic nitrogens is 2. The van der Waals surface area contributed by atoms with Crippen molar-refractivity contribution < 1.29 is 4.79 Å². The average Bonchev–Trinajstić information content (AvgIpc) is 2.90. The molecule has 1 aliphatic heterocycles. The van der Waals surface area contributed by atoms with E-state index in [2.05, 4.69) is 39.7 Å². The third-order valence-corrected chi connectivity index (χ3v) is 4.59. The molecule has 5 heteroatoms. The summed E-state index contributed by atoms with van der Waals surface area (Å²) in [6, 6.07) is 8.10. The summed E-state index contributed by atoms with van der Waals surface area (Å²) in [5.74, 6) is 1.06. The highest BCUT2D eigenvalue weighted by Crippen LogP contribution is 2.20. The van der Waals surface area contributed by atoms with Gasteiger partial charge in [0.05, 0.1) is 11.0 Å². The molecule has 0 bridgehead atoms. The van der Waals surface area contributed by atoms with Crippen molar-refractivity contribution >= 4 is 22.9 Å². The molecule has 1 aromatic carbocycles. The molecule has 1 saturated heterocycles. The quantitative estimate of drug-likeness (QED) is 0.883. The van der Waals surface area contributed by atoms with Gasteiger partial charge in [-0.05, 0) is 44.0 Å². The van der Waals surface area contributed by atoms with Gasteiger partial charge in [-0.3, -0.25) is 10.1 Å². The number of likely N-dealkylation sites (tertiary alicyclic amines) is 1. The van der Waals surface area contributed by atoms with E-state index in [0.29, 0.717) is 18.3 Å². The second-order valence-corrected chi connectivity index (χ2v) is 7.12. The number of rotatable bonds is 6. The van der Waals surface area contributed by atoms with Crippen molar-refractivity contribution in [3.8, 4) is 0 Å². The fourth-order valence-electron chi connectivity index (χ4n) is 3.37. The number of nitrogens with one attached hydrogen (secondary N) is 1. The molecule has 0 spiro atoms. The van der Waals surface area contributed by atoms with Crippen molar-refractivity contribution in [2.45, 2.75) is 46.1 Å². The normalized spacial score (nSPS) is 16.0. The lowest BCUT2D eigenvalue weighted by Gasteiger charge is -2.26. The Morgan fingerprint density at radius 1 is 1.17 bits per heavy atom. The van der Waals surface area contributed by atoms with Crippen molar-refractivity contribution in [1.82, 2.24) is 14.5 Å². The molecular formula is C19H28N4O. The fourth-order valence-corrected chi connectivity index (χ4v) is 3.37. The molecule has 0 saturated carbocycles. The highest BCUT2D eigenvalue weighted by atomic mass is 16.1. The van der Waals surface area contributed by atoms with E-state index in [1.165, 1.54) is 32.4 Å². The number of amides is 1. The maximum atomic E-state index is 12.2. The first-order chi connectivity index (χ1) is 11.6. The summed E-state index contributed by atoms with van der Waals surface area (Å²) in [6.45, 7) is 8.34. The van der Waals surface area contributed by atoms with E-state index >= 15 is 0 Å². The fraction of sp³-hybridized carbons (Fsp3) is 0.579. The summed E-state index contributed by atoms with van der Waals surface area (Å²) in [7, 11) is 0. The Bertz CT molecular complexity index is 686. The number of piperidine rings is 1. The Morgan fingerprint density at radius 2 is 1.92 bits per heavy atom. The number of fused-ring (bicyclic) bond motifs is 1. The monoisotopic (exact) mass is 328 g/mol. The number of carbonyl (C=O) groups is 1. The summed E-state index contributed by atoms with van der Waals surface area (Å²) in [6.07, 6.45) is 4.46. The van der Waals surface area contributed by atoms with Gasteiger partial charge in [0.15, 0.2) is 0 Å². The predicted molar refractivity (Wildman–Crippen MR) is 98.1 cm³/mol. The number of para-hydroxylation sites is 2. The van der Waals surface area contributed by atoms with E-state index in [1.807, 2.05) is 18.2 Å². The van der Waals surface area contributed by atoms with Gasteiger partial charge < -0.3 is 9.47 Å². The molecule has 0 aliphatic carbocycles. The molecular weight excluding hydrogens is 300 g/mol. The van der Waals surface area contributed by atoms with Crippen LogP contribution in [0.25, 0.3) is 11.0 Å². The van der Waals surface area contributed by atoms with E-state index in [0.717, 1.165) is 24.1 Å². The van der Waals surface area contributed by atoms with E-state index < -0.39 is 0 Å². The minimum Gasteiger partial charge on any atom is -0.309 e. The number of nitrogens with zero attached hydrogens (tertiary/aromatic N) is 3. The molecule has 2 aromatic rings. The summed E-state index contributed by atoms with van der Waals surface area (Å²) >= 11 is 0. The average molecular weight is 328 g/mol. The smallest absolute Gasteiger partial charge is 0.226 e. The number of benzene rings is 1. The first kappa shape index (κ1) is 17.0. The van der Waals surface area contributed by atoms with Crippen LogP contribution in [0.3, 0.4) is 0 Å². The van der Waals surface area contributed by atoms with Crippen LogP contribution >= 0.6 is 0 Å². The summed E-state index contributed by atoms with van der Waals surface area (Å²) in [5, 5.41) is 3.01. The topological polar surface area (TPSA) is 50.2 Å². The molecule has 3 rings (SSSR count). The van der Waals surface area contributed by atoms with Crippen LogP contribution in [0.2, 0.25) is 0 Å². The van der Waals surface area contributed by atoms with Crippen molar-refractivity contribution in [1.29, 1.82) is 0 Å². The lowest BCUT2D eigenvalue weighted by atomic mass is 10.1. The highest BCUT2D eigenvalue weighted by Gasteiger charge is 2.16. The van der Waals surface area contributed by atoms with Gasteiger partial charge in [0.25, 0.3) is 0 Å². The van der Waals surface area contributed by atoms with Crippen molar-refractivity contribution in [3.63, 3.8) is 0 Å². The van der Waals surface area contributed by atoms with E-state index in [9.17, 15) is 4.79 Å². The van der Waals surface area contributed by atoms with Gasteiger partial charge in [-0.15, -0.1) is 0 Å². The van der Waals surface area contributed by atoms with Crippen molar-refractivity contribution in [2.75, 3.05) is 25.0 Å².